The van der Waals surface area contributed by atoms with Crippen LogP contribution in [0.1, 0.15) is 23.0 Å². The number of benzene rings is 1. The highest BCUT2D eigenvalue weighted by Gasteiger charge is 2.31. The highest BCUT2D eigenvalue weighted by atomic mass is 35.5. The predicted molar refractivity (Wildman–Crippen MR) is 85.4 cm³/mol. The maximum atomic E-state index is 12.7. The van der Waals surface area contributed by atoms with Crippen LogP contribution in [0.5, 0.6) is 0 Å². The standard InChI is InChI=1S/C16H12ClF3N2O4/c1-9(26-15(24)13-4-2-3-7-22(13)25)14(23)21-12-8-10(16(18,19)20)5-6-11(12)17/h2-9H,1H3,(H,21,23)/t9-/m1/s1. The summed E-state index contributed by atoms with van der Waals surface area (Å²) in [5.41, 5.74) is -1.63. The third kappa shape index (κ3) is 4.63. The van der Waals surface area contributed by atoms with Crippen LogP contribution in [0.2, 0.25) is 5.02 Å². The van der Waals surface area contributed by atoms with Gasteiger partial charge < -0.3 is 15.3 Å². The van der Waals surface area contributed by atoms with Gasteiger partial charge in [0.25, 0.3) is 5.91 Å². The SMILES string of the molecule is C[C@@H](OC(=O)c1cccc[n+]1[O-])C(=O)Nc1cc(C(F)(F)F)ccc1Cl. The van der Waals surface area contributed by atoms with E-state index in [0.717, 1.165) is 18.3 Å². The number of halogens is 4. The molecular weight excluding hydrogens is 377 g/mol. The van der Waals surface area contributed by atoms with Crippen LogP contribution in [0.4, 0.5) is 18.9 Å². The van der Waals surface area contributed by atoms with Crippen molar-refractivity contribution < 1.29 is 32.2 Å². The van der Waals surface area contributed by atoms with Gasteiger partial charge in [0.2, 0.25) is 0 Å². The number of nitrogens with zero attached hydrogens (tertiary/aromatic N) is 1. The van der Waals surface area contributed by atoms with E-state index < -0.39 is 29.7 Å². The molecule has 1 amide bonds. The fraction of sp³-hybridized carbons (Fsp3) is 0.188. The second-order valence-corrected chi connectivity index (χ2v) is 5.55. The van der Waals surface area contributed by atoms with Crippen molar-refractivity contribution in [1.29, 1.82) is 0 Å². The number of carbonyl (C=O) groups excluding carboxylic acids is 2. The van der Waals surface area contributed by atoms with E-state index in [0.29, 0.717) is 6.07 Å². The Balaban J connectivity index is 2.10. The third-order valence-electron chi connectivity index (χ3n) is 3.24. The molecule has 0 aliphatic rings. The Labute approximate surface area is 150 Å². The molecule has 26 heavy (non-hydrogen) atoms. The summed E-state index contributed by atoms with van der Waals surface area (Å²) in [5, 5.41) is 13.5. The number of rotatable bonds is 4. The zero-order valence-corrected chi connectivity index (χ0v) is 14.0. The summed E-state index contributed by atoms with van der Waals surface area (Å²) in [6.45, 7) is 1.20. The molecular formula is C16H12ClF3N2O4. The van der Waals surface area contributed by atoms with Crippen LogP contribution in [0.3, 0.4) is 0 Å². The molecule has 0 spiro atoms. The van der Waals surface area contributed by atoms with Gasteiger partial charge in [-0.3, -0.25) is 4.79 Å². The lowest BCUT2D eigenvalue weighted by Gasteiger charge is -2.15. The molecule has 138 valence electrons. The maximum absolute atomic E-state index is 12.7. The number of alkyl halides is 3. The van der Waals surface area contributed by atoms with Crippen LogP contribution in [0.15, 0.2) is 42.6 Å². The molecule has 2 rings (SSSR count). The Morgan fingerprint density at radius 3 is 2.58 bits per heavy atom. The Morgan fingerprint density at radius 2 is 1.96 bits per heavy atom. The lowest BCUT2D eigenvalue weighted by atomic mass is 10.2. The van der Waals surface area contributed by atoms with Crippen LogP contribution in [-0.4, -0.2) is 18.0 Å². The summed E-state index contributed by atoms with van der Waals surface area (Å²) >= 11 is 5.78. The van der Waals surface area contributed by atoms with E-state index in [1.54, 1.807) is 0 Å². The first-order valence-corrected chi connectivity index (χ1v) is 7.54. The van der Waals surface area contributed by atoms with E-state index in [1.807, 2.05) is 0 Å². The number of pyridine rings is 1. The normalized spacial score (nSPS) is 12.3. The molecule has 0 saturated heterocycles. The van der Waals surface area contributed by atoms with E-state index in [9.17, 15) is 28.0 Å². The first kappa shape index (κ1) is 19.5. The minimum atomic E-state index is -4.61. The number of ether oxygens (including phenoxy) is 1. The molecule has 1 aromatic carbocycles. The molecule has 1 atom stereocenters. The molecule has 1 aromatic heterocycles. The molecule has 0 radical (unpaired) electrons. The zero-order chi connectivity index (χ0) is 19.5. The van der Waals surface area contributed by atoms with E-state index >= 15 is 0 Å². The quantitative estimate of drug-likeness (QED) is 0.495. The Kier molecular flexibility index (Phi) is 5.71. The van der Waals surface area contributed by atoms with Gasteiger partial charge in [0.1, 0.15) is 0 Å². The number of hydrogen-bond acceptors (Lipinski definition) is 4. The van der Waals surface area contributed by atoms with Crippen LogP contribution in [-0.2, 0) is 15.7 Å². The molecule has 6 nitrogen and oxygen atoms in total. The van der Waals surface area contributed by atoms with E-state index in [2.05, 4.69) is 5.32 Å². The number of carbonyl (C=O) groups is 2. The van der Waals surface area contributed by atoms with Crippen molar-refractivity contribution >= 4 is 29.2 Å². The van der Waals surface area contributed by atoms with Crippen molar-refractivity contribution in [2.24, 2.45) is 0 Å². The topological polar surface area (TPSA) is 82.3 Å². The van der Waals surface area contributed by atoms with Gasteiger partial charge in [0, 0.05) is 12.1 Å². The highest BCUT2D eigenvalue weighted by molar-refractivity contribution is 6.33. The van der Waals surface area contributed by atoms with Crippen molar-refractivity contribution in [1.82, 2.24) is 0 Å². The molecule has 1 heterocycles. The molecule has 0 aliphatic carbocycles. The molecule has 0 bridgehead atoms. The zero-order valence-electron chi connectivity index (χ0n) is 13.2. The molecule has 0 fully saturated rings. The van der Waals surface area contributed by atoms with Gasteiger partial charge in [-0.2, -0.15) is 17.9 Å². The molecule has 2 aromatic rings. The van der Waals surface area contributed by atoms with Crippen molar-refractivity contribution in [2.75, 3.05) is 5.32 Å². The summed E-state index contributed by atoms with van der Waals surface area (Å²) in [4.78, 5) is 24.0. The number of hydrogen-bond donors (Lipinski definition) is 1. The predicted octanol–water partition coefficient (Wildman–Crippen LogP) is 3.18. The van der Waals surface area contributed by atoms with Crippen LogP contribution in [0, 0.1) is 5.21 Å². The van der Waals surface area contributed by atoms with Gasteiger partial charge in [0.15, 0.2) is 12.3 Å². The van der Waals surface area contributed by atoms with Gasteiger partial charge in [-0.25, -0.2) is 4.79 Å². The van der Waals surface area contributed by atoms with E-state index in [1.165, 1.54) is 25.1 Å². The maximum Gasteiger partial charge on any atom is 0.416 e. The van der Waals surface area contributed by atoms with Crippen molar-refractivity contribution in [3.63, 3.8) is 0 Å². The van der Waals surface area contributed by atoms with Gasteiger partial charge in [0.05, 0.1) is 16.3 Å². The molecule has 10 heteroatoms. The Morgan fingerprint density at radius 1 is 1.27 bits per heavy atom. The average molecular weight is 389 g/mol. The molecule has 0 aliphatic heterocycles. The number of nitrogens with one attached hydrogen (secondary N) is 1. The minimum Gasteiger partial charge on any atom is -0.618 e. The van der Waals surface area contributed by atoms with Gasteiger partial charge in [-0.15, -0.1) is 0 Å². The number of esters is 1. The summed E-state index contributed by atoms with van der Waals surface area (Å²) in [6, 6.07) is 6.44. The Hall–Kier alpha value is -2.81. The van der Waals surface area contributed by atoms with E-state index in [4.69, 9.17) is 16.3 Å². The smallest absolute Gasteiger partial charge is 0.416 e. The summed E-state index contributed by atoms with van der Waals surface area (Å²) in [6.07, 6.45) is -4.92. The lowest BCUT2D eigenvalue weighted by molar-refractivity contribution is -0.608. The first-order chi connectivity index (χ1) is 12.1. The number of aromatic nitrogens is 1. The second-order valence-electron chi connectivity index (χ2n) is 5.14. The van der Waals surface area contributed by atoms with Gasteiger partial charge >= 0.3 is 17.8 Å². The summed E-state index contributed by atoms with van der Waals surface area (Å²) < 4.78 is 43.3. The lowest BCUT2D eigenvalue weighted by Crippen LogP contribution is -2.37. The van der Waals surface area contributed by atoms with Crippen LogP contribution >= 0.6 is 11.6 Å². The van der Waals surface area contributed by atoms with Crippen molar-refractivity contribution in [2.45, 2.75) is 19.2 Å². The van der Waals surface area contributed by atoms with Gasteiger partial charge in [-0.05, 0) is 31.2 Å². The largest absolute Gasteiger partial charge is 0.618 e. The van der Waals surface area contributed by atoms with Gasteiger partial charge in [-0.1, -0.05) is 11.6 Å². The monoisotopic (exact) mass is 388 g/mol. The molecule has 0 unspecified atom stereocenters. The highest BCUT2D eigenvalue weighted by Crippen LogP contribution is 2.33. The third-order valence-corrected chi connectivity index (χ3v) is 3.57. The number of anilines is 1. The van der Waals surface area contributed by atoms with Crippen molar-refractivity contribution in [3.8, 4) is 0 Å². The fourth-order valence-corrected chi connectivity index (χ4v) is 2.06. The number of amides is 1. The fourth-order valence-electron chi connectivity index (χ4n) is 1.89. The van der Waals surface area contributed by atoms with Crippen molar-refractivity contribution in [3.05, 3.63) is 64.1 Å². The second kappa shape index (κ2) is 7.61. The van der Waals surface area contributed by atoms with E-state index in [-0.39, 0.29) is 21.1 Å². The molecule has 0 saturated carbocycles. The first-order valence-electron chi connectivity index (χ1n) is 7.16. The summed E-state index contributed by atoms with van der Waals surface area (Å²) in [5.74, 6) is -1.97. The average Bonchev–Trinajstić information content (AvgIpc) is 2.55. The Bertz CT molecular complexity index is 842. The van der Waals surface area contributed by atoms with Crippen LogP contribution in [0.25, 0.3) is 0 Å². The summed E-state index contributed by atoms with van der Waals surface area (Å²) in [7, 11) is 0. The molecule has 1 N–H and O–H groups in total. The minimum absolute atomic E-state index is 0.120. The van der Waals surface area contributed by atoms with Crippen LogP contribution < -0.4 is 10.0 Å².